The van der Waals surface area contributed by atoms with Gasteiger partial charge in [-0.05, 0) is 56.9 Å². The molecule has 2 nitrogen and oxygen atoms in total. The van der Waals surface area contributed by atoms with Crippen LogP contribution in [0, 0.1) is 11.3 Å². The molecule has 106 valence electrons. The molecule has 19 heavy (non-hydrogen) atoms. The molecule has 2 unspecified atom stereocenters. The lowest BCUT2D eigenvalue weighted by atomic mass is 9.64. The van der Waals surface area contributed by atoms with Crippen molar-refractivity contribution >= 4 is 11.3 Å². The predicted molar refractivity (Wildman–Crippen MR) is 81.7 cm³/mol. The van der Waals surface area contributed by atoms with E-state index >= 15 is 0 Å². The fourth-order valence-electron chi connectivity index (χ4n) is 4.06. The highest BCUT2D eigenvalue weighted by Crippen LogP contribution is 2.50. The summed E-state index contributed by atoms with van der Waals surface area (Å²) in [5.74, 6) is 0.660. The van der Waals surface area contributed by atoms with Crippen molar-refractivity contribution in [3.05, 3.63) is 15.6 Å². The number of hydrogen-bond acceptors (Lipinski definition) is 3. The molecule has 0 bridgehead atoms. The van der Waals surface area contributed by atoms with Crippen LogP contribution in [0.5, 0.6) is 0 Å². The molecule has 1 aromatic rings. The summed E-state index contributed by atoms with van der Waals surface area (Å²) in [6.07, 6.45) is 7.58. The highest BCUT2D eigenvalue weighted by atomic mass is 32.1. The maximum absolute atomic E-state index is 5.01. The number of nitrogens with zero attached hydrogens (tertiary/aromatic N) is 1. The number of aryl methyl sites for hydroxylation is 2. The van der Waals surface area contributed by atoms with Crippen LogP contribution in [0.2, 0.25) is 0 Å². The van der Waals surface area contributed by atoms with Gasteiger partial charge in [-0.25, -0.2) is 4.98 Å². The Labute approximate surface area is 121 Å². The van der Waals surface area contributed by atoms with E-state index in [1.54, 1.807) is 4.88 Å². The van der Waals surface area contributed by atoms with Gasteiger partial charge in [0.2, 0.25) is 0 Å². The molecule has 0 saturated heterocycles. The number of thiazole rings is 1. The molecular weight excluding hydrogens is 252 g/mol. The van der Waals surface area contributed by atoms with Gasteiger partial charge < -0.3 is 5.32 Å². The zero-order valence-electron chi connectivity index (χ0n) is 12.7. The molecule has 0 radical (unpaired) electrons. The van der Waals surface area contributed by atoms with E-state index in [9.17, 15) is 0 Å². The Balaban J connectivity index is 1.94. The Morgan fingerprint density at radius 3 is 2.68 bits per heavy atom. The molecule has 0 amide bonds. The summed E-state index contributed by atoms with van der Waals surface area (Å²) in [5, 5.41) is 5.02. The van der Waals surface area contributed by atoms with Crippen LogP contribution in [-0.4, -0.2) is 12.0 Å². The second-order valence-electron chi connectivity index (χ2n) is 7.23. The maximum Gasteiger partial charge on any atom is 0.114 e. The summed E-state index contributed by atoms with van der Waals surface area (Å²) in [4.78, 5) is 6.57. The maximum atomic E-state index is 5.01. The quantitative estimate of drug-likeness (QED) is 0.887. The van der Waals surface area contributed by atoms with E-state index in [1.807, 2.05) is 11.3 Å². The molecule has 1 aromatic heterocycles. The van der Waals surface area contributed by atoms with Gasteiger partial charge in [0.15, 0.2) is 0 Å². The monoisotopic (exact) mass is 278 g/mol. The third-order valence-corrected chi connectivity index (χ3v) is 6.65. The molecule has 2 aliphatic carbocycles. The van der Waals surface area contributed by atoms with Crippen molar-refractivity contribution in [2.24, 2.45) is 11.3 Å². The van der Waals surface area contributed by atoms with Gasteiger partial charge in [0, 0.05) is 4.88 Å². The Kier molecular flexibility index (Phi) is 3.25. The molecule has 2 aliphatic rings. The van der Waals surface area contributed by atoms with Crippen LogP contribution in [-0.2, 0) is 18.4 Å². The molecule has 1 saturated carbocycles. The van der Waals surface area contributed by atoms with E-state index < -0.39 is 0 Å². The van der Waals surface area contributed by atoms with Crippen molar-refractivity contribution < 1.29 is 0 Å². The number of hydrogen-bond donors (Lipinski definition) is 1. The van der Waals surface area contributed by atoms with E-state index in [-0.39, 0.29) is 5.54 Å². The molecule has 0 spiro atoms. The predicted octanol–water partition coefficient (Wildman–Crippen LogP) is 3.89. The summed E-state index contributed by atoms with van der Waals surface area (Å²) in [6, 6.07) is 0. The average Bonchev–Trinajstić information content (AvgIpc) is 2.89. The van der Waals surface area contributed by atoms with Gasteiger partial charge in [-0.1, -0.05) is 20.8 Å². The first kappa shape index (κ1) is 13.6. The fraction of sp³-hybridized carbons (Fsp3) is 0.812. The normalized spacial score (nSPS) is 33.4. The highest BCUT2D eigenvalue weighted by Gasteiger charge is 2.46. The summed E-state index contributed by atoms with van der Waals surface area (Å²) < 4.78 is 0. The SMILES string of the molecule is CNC1(c2nc3c(s2)CCC3)CCC(C)(C)CC1C. The van der Waals surface area contributed by atoms with Crippen molar-refractivity contribution in [1.82, 2.24) is 10.3 Å². The topological polar surface area (TPSA) is 24.9 Å². The minimum absolute atomic E-state index is 0.129. The molecular formula is C16H26N2S. The largest absolute Gasteiger partial charge is 0.308 e. The lowest BCUT2D eigenvalue weighted by Crippen LogP contribution is -2.50. The number of fused-ring (bicyclic) bond motifs is 1. The van der Waals surface area contributed by atoms with Crippen LogP contribution in [0.4, 0.5) is 0 Å². The molecule has 1 heterocycles. The van der Waals surface area contributed by atoms with E-state index in [2.05, 4.69) is 33.1 Å². The fourth-order valence-corrected chi connectivity index (χ4v) is 5.55. The first-order valence-electron chi connectivity index (χ1n) is 7.65. The van der Waals surface area contributed by atoms with Crippen LogP contribution in [0.1, 0.15) is 62.0 Å². The van der Waals surface area contributed by atoms with Crippen molar-refractivity contribution in [2.75, 3.05) is 7.05 Å². The van der Waals surface area contributed by atoms with Gasteiger partial charge in [0.1, 0.15) is 5.01 Å². The van der Waals surface area contributed by atoms with Crippen LogP contribution in [0.3, 0.4) is 0 Å². The lowest BCUT2D eigenvalue weighted by Gasteiger charge is -2.47. The van der Waals surface area contributed by atoms with Crippen molar-refractivity contribution in [1.29, 1.82) is 0 Å². The lowest BCUT2D eigenvalue weighted by molar-refractivity contribution is 0.0774. The van der Waals surface area contributed by atoms with E-state index in [0.29, 0.717) is 11.3 Å². The number of nitrogens with one attached hydrogen (secondary N) is 1. The van der Waals surface area contributed by atoms with E-state index in [0.717, 1.165) is 0 Å². The van der Waals surface area contributed by atoms with Crippen molar-refractivity contribution in [3.63, 3.8) is 0 Å². The summed E-state index contributed by atoms with van der Waals surface area (Å²) >= 11 is 1.98. The standard InChI is InChI=1S/C16H26N2S/c1-11-10-15(2,3)8-9-16(11,17-4)14-18-12-6-5-7-13(12)19-14/h11,17H,5-10H2,1-4H3. The number of aromatic nitrogens is 1. The van der Waals surface area contributed by atoms with Gasteiger partial charge in [-0.15, -0.1) is 11.3 Å². The molecule has 0 aromatic carbocycles. The Hall–Kier alpha value is -0.410. The molecule has 2 atom stereocenters. The van der Waals surface area contributed by atoms with Gasteiger partial charge in [0.25, 0.3) is 0 Å². The smallest absolute Gasteiger partial charge is 0.114 e. The molecule has 3 heteroatoms. The van der Waals surface area contributed by atoms with Crippen LogP contribution in [0.25, 0.3) is 0 Å². The van der Waals surface area contributed by atoms with Crippen LogP contribution in [0.15, 0.2) is 0 Å². The van der Waals surface area contributed by atoms with Crippen molar-refractivity contribution in [2.45, 2.75) is 64.8 Å². The van der Waals surface area contributed by atoms with Crippen LogP contribution >= 0.6 is 11.3 Å². The third-order valence-electron chi connectivity index (χ3n) is 5.32. The third kappa shape index (κ3) is 2.15. The molecule has 1 N–H and O–H groups in total. The van der Waals surface area contributed by atoms with E-state index in [1.165, 1.54) is 49.2 Å². The minimum Gasteiger partial charge on any atom is -0.308 e. The van der Waals surface area contributed by atoms with Gasteiger partial charge >= 0.3 is 0 Å². The van der Waals surface area contributed by atoms with E-state index in [4.69, 9.17) is 4.98 Å². The van der Waals surface area contributed by atoms with Gasteiger partial charge in [0.05, 0.1) is 11.2 Å². The molecule has 0 aliphatic heterocycles. The minimum atomic E-state index is 0.129. The summed E-state index contributed by atoms with van der Waals surface area (Å²) in [7, 11) is 2.13. The second-order valence-corrected chi connectivity index (χ2v) is 8.32. The zero-order chi connectivity index (χ0) is 13.7. The molecule has 3 rings (SSSR count). The molecule has 1 fully saturated rings. The highest BCUT2D eigenvalue weighted by molar-refractivity contribution is 7.12. The zero-order valence-corrected chi connectivity index (χ0v) is 13.5. The Bertz CT molecular complexity index is 456. The Morgan fingerprint density at radius 2 is 2.05 bits per heavy atom. The first-order valence-corrected chi connectivity index (χ1v) is 8.46. The summed E-state index contributed by atoms with van der Waals surface area (Å²) in [6.45, 7) is 7.22. The first-order chi connectivity index (χ1) is 8.97. The average molecular weight is 278 g/mol. The summed E-state index contributed by atoms with van der Waals surface area (Å²) in [5.41, 5.74) is 2.01. The van der Waals surface area contributed by atoms with Gasteiger partial charge in [-0.2, -0.15) is 0 Å². The number of rotatable bonds is 2. The Morgan fingerprint density at radius 1 is 1.26 bits per heavy atom. The van der Waals surface area contributed by atoms with Crippen molar-refractivity contribution in [3.8, 4) is 0 Å². The van der Waals surface area contributed by atoms with Crippen LogP contribution < -0.4 is 5.32 Å². The second kappa shape index (κ2) is 4.56. The van der Waals surface area contributed by atoms with Gasteiger partial charge in [-0.3, -0.25) is 0 Å².